The molecule has 37 heavy (non-hydrogen) atoms. The summed E-state index contributed by atoms with van der Waals surface area (Å²) in [6.07, 6.45) is 4.17. The third-order valence-corrected chi connectivity index (χ3v) is 7.73. The summed E-state index contributed by atoms with van der Waals surface area (Å²) in [5, 5.41) is 20.0. The maximum absolute atomic E-state index is 13.3. The van der Waals surface area contributed by atoms with Gasteiger partial charge in [-0.05, 0) is 56.4 Å². The topological polar surface area (TPSA) is 86.5 Å². The first-order valence-electron chi connectivity index (χ1n) is 12.9. The fourth-order valence-corrected chi connectivity index (χ4v) is 5.44. The fraction of sp³-hybridized carbons (Fsp3) is 0.387. The number of nitriles is 1. The average Bonchev–Trinajstić information content (AvgIpc) is 3.70. The number of pyridine rings is 1. The highest BCUT2D eigenvalue weighted by molar-refractivity contribution is 5.70. The second-order valence-electron chi connectivity index (χ2n) is 11.1. The second-order valence-corrected chi connectivity index (χ2v) is 11.1. The van der Waals surface area contributed by atoms with Crippen molar-refractivity contribution in [1.29, 1.82) is 5.26 Å². The largest absolute Gasteiger partial charge is 0.438 e. The molecule has 3 aromatic rings. The first-order chi connectivity index (χ1) is 17.6. The van der Waals surface area contributed by atoms with Crippen LogP contribution in [0.15, 0.2) is 72.9 Å². The van der Waals surface area contributed by atoms with Gasteiger partial charge in [0.1, 0.15) is 5.60 Å². The molecule has 2 heterocycles. The highest BCUT2D eigenvalue weighted by Gasteiger charge is 2.46. The van der Waals surface area contributed by atoms with Crippen LogP contribution in [0.25, 0.3) is 11.3 Å². The van der Waals surface area contributed by atoms with Crippen LogP contribution >= 0.6 is 0 Å². The van der Waals surface area contributed by atoms with Crippen LogP contribution in [0.3, 0.4) is 0 Å². The van der Waals surface area contributed by atoms with Crippen LogP contribution in [-0.4, -0.2) is 33.2 Å². The molecule has 0 bridgehead atoms. The maximum atomic E-state index is 13.3. The van der Waals surface area contributed by atoms with Crippen molar-refractivity contribution in [3.05, 3.63) is 89.6 Å². The van der Waals surface area contributed by atoms with Gasteiger partial charge in [-0.1, -0.05) is 60.7 Å². The van der Waals surface area contributed by atoms with E-state index in [0.29, 0.717) is 19.4 Å². The summed E-state index contributed by atoms with van der Waals surface area (Å²) in [6, 6.07) is 24.0. The van der Waals surface area contributed by atoms with E-state index in [1.807, 2.05) is 79.9 Å². The number of hydrogen-bond acceptors (Lipinski definition) is 5. The minimum atomic E-state index is -0.986. The number of cyclic esters (lactones) is 1. The molecular formula is C31H33N3O3. The molecule has 5 rings (SSSR count). The van der Waals surface area contributed by atoms with Crippen LogP contribution in [0, 0.1) is 11.3 Å². The zero-order valence-electron chi connectivity index (χ0n) is 21.6. The quantitative estimate of drug-likeness (QED) is 0.418. The summed E-state index contributed by atoms with van der Waals surface area (Å²) in [5.41, 5.74) is 2.56. The van der Waals surface area contributed by atoms with E-state index < -0.39 is 11.2 Å². The first kappa shape index (κ1) is 25.0. The number of nitrogens with zero attached hydrogens (tertiary/aromatic N) is 3. The number of carbonyl (C=O) groups is 1. The Morgan fingerprint density at radius 3 is 2.30 bits per heavy atom. The molecule has 1 amide bonds. The number of carbonyl (C=O) groups excluding carboxylic acids is 1. The Kier molecular flexibility index (Phi) is 6.29. The average molecular weight is 496 g/mol. The normalized spacial score (nSPS) is 21.6. The van der Waals surface area contributed by atoms with Crippen molar-refractivity contribution in [1.82, 2.24) is 9.88 Å². The predicted molar refractivity (Wildman–Crippen MR) is 141 cm³/mol. The number of amides is 1. The van der Waals surface area contributed by atoms with Gasteiger partial charge in [-0.2, -0.15) is 5.26 Å². The van der Waals surface area contributed by atoms with Gasteiger partial charge in [-0.3, -0.25) is 4.98 Å². The van der Waals surface area contributed by atoms with Crippen molar-refractivity contribution in [2.45, 2.75) is 69.1 Å². The van der Waals surface area contributed by atoms with Gasteiger partial charge >= 0.3 is 6.09 Å². The summed E-state index contributed by atoms with van der Waals surface area (Å²) in [5.74, 6) is 0. The molecule has 1 N–H and O–H groups in total. The molecule has 1 unspecified atom stereocenters. The molecule has 1 aliphatic carbocycles. The van der Waals surface area contributed by atoms with Crippen LogP contribution in [0.2, 0.25) is 0 Å². The molecule has 1 aromatic heterocycles. The highest BCUT2D eigenvalue weighted by atomic mass is 16.6. The number of rotatable bonds is 7. The second kappa shape index (κ2) is 9.32. The van der Waals surface area contributed by atoms with Crippen LogP contribution in [0.1, 0.15) is 69.2 Å². The molecular weight excluding hydrogens is 462 g/mol. The SMILES string of the molecule is C[C@@H](c1ccc(-c2ccc(C3(C#N)CC3)cn2)cc1)N1CCC(CC(C)(C)O)(c2ccccc2)OC1=O. The number of ether oxygens (including phenoxy) is 1. The number of aliphatic hydroxyl groups is 1. The molecule has 0 spiro atoms. The molecule has 1 saturated heterocycles. The monoisotopic (exact) mass is 495 g/mol. The van der Waals surface area contributed by atoms with Crippen molar-refractivity contribution in [2.24, 2.45) is 0 Å². The van der Waals surface area contributed by atoms with Crippen molar-refractivity contribution in [3.63, 3.8) is 0 Å². The van der Waals surface area contributed by atoms with Gasteiger partial charge in [0.15, 0.2) is 0 Å². The Balaban J connectivity index is 1.31. The minimum Gasteiger partial charge on any atom is -0.438 e. The zero-order chi connectivity index (χ0) is 26.3. The Morgan fingerprint density at radius 1 is 1.05 bits per heavy atom. The number of hydrogen-bond donors (Lipinski definition) is 1. The third-order valence-electron chi connectivity index (χ3n) is 7.73. The van der Waals surface area contributed by atoms with Gasteiger partial charge < -0.3 is 14.7 Å². The lowest BCUT2D eigenvalue weighted by atomic mass is 9.80. The predicted octanol–water partition coefficient (Wildman–Crippen LogP) is 6.26. The number of benzene rings is 2. The third kappa shape index (κ3) is 4.97. The first-order valence-corrected chi connectivity index (χ1v) is 12.9. The lowest BCUT2D eigenvalue weighted by Crippen LogP contribution is -2.51. The standard InChI is InChI=1S/C31H33N3O3/c1-22(23-9-11-24(12-10-23)27-14-13-26(19-33-27)30(21-32)15-16-30)34-18-17-31(37-28(34)35,20-29(2,3)36)25-7-5-4-6-8-25/h4-14,19,22,36H,15-18,20H2,1-3H3/t22-,31?/m0/s1. The molecule has 6 nitrogen and oxygen atoms in total. The Morgan fingerprint density at radius 2 is 1.76 bits per heavy atom. The smallest absolute Gasteiger partial charge is 0.411 e. The van der Waals surface area contributed by atoms with Crippen molar-refractivity contribution in [3.8, 4) is 17.3 Å². The molecule has 190 valence electrons. The van der Waals surface area contributed by atoms with Gasteiger partial charge in [0, 0.05) is 31.1 Å². The van der Waals surface area contributed by atoms with Crippen LogP contribution in [-0.2, 0) is 15.8 Å². The van der Waals surface area contributed by atoms with E-state index in [4.69, 9.17) is 4.74 Å². The van der Waals surface area contributed by atoms with E-state index >= 15 is 0 Å². The van der Waals surface area contributed by atoms with Crippen LogP contribution < -0.4 is 0 Å². The molecule has 0 radical (unpaired) electrons. The van der Waals surface area contributed by atoms with Crippen LogP contribution in [0.4, 0.5) is 4.79 Å². The highest BCUT2D eigenvalue weighted by Crippen LogP contribution is 2.47. The zero-order valence-corrected chi connectivity index (χ0v) is 21.6. The Labute approximate surface area is 218 Å². The van der Waals surface area contributed by atoms with E-state index in [0.717, 1.165) is 40.8 Å². The Hall–Kier alpha value is -3.69. The molecule has 6 heteroatoms. The molecule has 1 saturated carbocycles. The summed E-state index contributed by atoms with van der Waals surface area (Å²) >= 11 is 0. The van der Waals surface area contributed by atoms with E-state index in [-0.39, 0.29) is 17.6 Å². The number of aromatic nitrogens is 1. The van der Waals surface area contributed by atoms with Crippen molar-refractivity contribution in [2.75, 3.05) is 6.54 Å². The van der Waals surface area contributed by atoms with Gasteiger partial charge in [0.05, 0.1) is 28.8 Å². The fourth-order valence-electron chi connectivity index (χ4n) is 5.44. The van der Waals surface area contributed by atoms with E-state index in [1.165, 1.54) is 0 Å². The summed E-state index contributed by atoms with van der Waals surface area (Å²) in [4.78, 5) is 19.7. The van der Waals surface area contributed by atoms with Gasteiger partial charge in [-0.25, -0.2) is 4.79 Å². The van der Waals surface area contributed by atoms with Crippen molar-refractivity contribution < 1.29 is 14.6 Å². The lowest BCUT2D eigenvalue weighted by molar-refractivity contribution is -0.101. The summed E-state index contributed by atoms with van der Waals surface area (Å²) in [7, 11) is 0. The Bertz CT molecular complexity index is 1300. The van der Waals surface area contributed by atoms with E-state index in [1.54, 1.807) is 18.7 Å². The molecule has 2 aliphatic rings. The summed E-state index contributed by atoms with van der Waals surface area (Å²) in [6.45, 7) is 6.03. The van der Waals surface area contributed by atoms with Gasteiger partial charge in [0.25, 0.3) is 0 Å². The van der Waals surface area contributed by atoms with E-state index in [9.17, 15) is 15.2 Å². The molecule has 2 aromatic carbocycles. The molecule has 2 fully saturated rings. The minimum absolute atomic E-state index is 0.168. The van der Waals surface area contributed by atoms with Crippen LogP contribution in [0.5, 0.6) is 0 Å². The van der Waals surface area contributed by atoms with Crippen molar-refractivity contribution >= 4 is 6.09 Å². The maximum Gasteiger partial charge on any atom is 0.411 e. The summed E-state index contributed by atoms with van der Waals surface area (Å²) < 4.78 is 6.13. The molecule has 2 atom stereocenters. The lowest BCUT2D eigenvalue weighted by Gasteiger charge is -2.45. The van der Waals surface area contributed by atoms with Gasteiger partial charge in [-0.15, -0.1) is 0 Å². The van der Waals surface area contributed by atoms with E-state index in [2.05, 4.69) is 11.1 Å². The molecule has 1 aliphatic heterocycles. The van der Waals surface area contributed by atoms with Gasteiger partial charge in [0.2, 0.25) is 0 Å².